The second kappa shape index (κ2) is 23.9. The fraction of sp³-hybridized carbons (Fsp3) is 0.575. The smallest absolute Gasteiger partial charge is 0.248 e. The van der Waals surface area contributed by atoms with Gasteiger partial charge < -0.3 is 47.1 Å². The lowest BCUT2D eigenvalue weighted by Crippen LogP contribution is -2.55. The third-order valence-electron chi connectivity index (χ3n) is 9.32. The molecule has 0 saturated heterocycles. The van der Waals surface area contributed by atoms with Crippen molar-refractivity contribution in [2.45, 2.75) is 96.2 Å². The molecule has 2 aromatic rings. The minimum atomic E-state index is -1.13. The highest BCUT2D eigenvalue weighted by molar-refractivity contribution is 5.95. The van der Waals surface area contributed by atoms with Crippen molar-refractivity contribution >= 4 is 23.6 Å². The number of carbonyl (C=O) groups excluding carboxylic acids is 4. The predicted octanol–water partition coefficient (Wildman–Crippen LogP) is 2.83. The molecule has 0 aromatic heterocycles. The summed E-state index contributed by atoms with van der Waals surface area (Å²) in [7, 11) is 1.57. The van der Waals surface area contributed by atoms with Gasteiger partial charge in [0.2, 0.25) is 23.6 Å². The molecule has 3 atom stereocenters. The van der Waals surface area contributed by atoms with Crippen molar-refractivity contribution in [1.29, 1.82) is 5.26 Å². The zero-order valence-electron chi connectivity index (χ0n) is 32.2. The number of nitrogens with zero attached hydrogens (tertiary/aromatic N) is 2. The summed E-state index contributed by atoms with van der Waals surface area (Å²) < 4.78 is 12.1. The van der Waals surface area contributed by atoms with Gasteiger partial charge in [0, 0.05) is 50.7 Å². The first-order valence-electron chi connectivity index (χ1n) is 19.3. The van der Waals surface area contributed by atoms with Crippen LogP contribution < -0.4 is 42.2 Å². The number of rotatable bonds is 21. The van der Waals surface area contributed by atoms with Gasteiger partial charge in [0.05, 0.1) is 6.07 Å². The number of benzene rings is 2. The van der Waals surface area contributed by atoms with Crippen LogP contribution in [0.2, 0.25) is 0 Å². The van der Waals surface area contributed by atoms with E-state index < -0.39 is 35.8 Å². The van der Waals surface area contributed by atoms with E-state index in [1.807, 2.05) is 12.1 Å². The Hall–Kier alpha value is -4.71. The van der Waals surface area contributed by atoms with Crippen LogP contribution in [0.15, 0.2) is 36.4 Å². The van der Waals surface area contributed by atoms with E-state index in [0.29, 0.717) is 40.3 Å². The first kappa shape index (κ1) is 43.7. The summed E-state index contributed by atoms with van der Waals surface area (Å²) >= 11 is 0. The molecule has 54 heavy (non-hydrogen) atoms. The Balaban J connectivity index is 1.97. The second-order valence-electron chi connectivity index (χ2n) is 13.6. The number of unbranched alkanes of at least 4 members (excludes halogenated alkanes) is 7. The SMILES string of the molecule is CCCCCCCCCCNCCC(=O)N(C)C1C(=O)NC(C)C(=O)NC(C(=O)NCC#N)Cc2ccc(OCCN)c(c2)-c2cc1ccc2OCCN. The highest BCUT2D eigenvalue weighted by Crippen LogP contribution is 2.40. The van der Waals surface area contributed by atoms with E-state index in [0.717, 1.165) is 19.4 Å². The topological polar surface area (TPSA) is 214 Å². The molecule has 1 aliphatic rings. The van der Waals surface area contributed by atoms with Gasteiger partial charge >= 0.3 is 0 Å². The third kappa shape index (κ3) is 13.6. The van der Waals surface area contributed by atoms with E-state index >= 15 is 0 Å². The van der Waals surface area contributed by atoms with E-state index in [-0.39, 0.29) is 51.6 Å². The zero-order chi connectivity index (χ0) is 39.3. The fourth-order valence-corrected chi connectivity index (χ4v) is 6.36. The van der Waals surface area contributed by atoms with Crippen molar-refractivity contribution in [1.82, 2.24) is 26.2 Å². The quantitative estimate of drug-likeness (QED) is 0.0811. The van der Waals surface area contributed by atoms with Crippen LogP contribution in [-0.2, 0) is 25.6 Å². The predicted molar refractivity (Wildman–Crippen MR) is 208 cm³/mol. The number of hydrogen-bond acceptors (Lipinski definition) is 10. The molecule has 14 nitrogen and oxygen atoms in total. The normalized spacial score (nSPS) is 17.0. The molecule has 0 radical (unpaired) electrons. The van der Waals surface area contributed by atoms with Crippen LogP contribution in [-0.4, -0.2) is 93.6 Å². The lowest BCUT2D eigenvalue weighted by molar-refractivity contribution is -0.140. The number of nitriles is 1. The summed E-state index contributed by atoms with van der Waals surface area (Å²) in [6, 6.07) is 9.20. The first-order chi connectivity index (χ1) is 26.1. The Bertz CT molecular complexity index is 1560. The lowest BCUT2D eigenvalue weighted by Gasteiger charge is -2.30. The number of carbonyl (C=O) groups is 4. The van der Waals surface area contributed by atoms with Gasteiger partial charge in [-0.15, -0.1) is 0 Å². The molecule has 296 valence electrons. The van der Waals surface area contributed by atoms with E-state index in [1.54, 1.807) is 37.4 Å². The van der Waals surface area contributed by atoms with Crippen LogP contribution in [0.1, 0.15) is 88.8 Å². The van der Waals surface area contributed by atoms with Gasteiger partial charge in [0.1, 0.15) is 49.4 Å². The van der Waals surface area contributed by atoms with E-state index in [4.69, 9.17) is 26.2 Å². The number of hydrogen-bond donors (Lipinski definition) is 6. The van der Waals surface area contributed by atoms with Crippen LogP contribution in [0.3, 0.4) is 0 Å². The van der Waals surface area contributed by atoms with Crippen molar-refractivity contribution in [3.63, 3.8) is 0 Å². The molecule has 3 unspecified atom stereocenters. The van der Waals surface area contributed by atoms with Gasteiger partial charge in [0.25, 0.3) is 0 Å². The summed E-state index contributed by atoms with van der Waals surface area (Å²) in [5.74, 6) is -1.07. The summed E-state index contributed by atoms with van der Waals surface area (Å²) in [5, 5.41) is 20.4. The summed E-state index contributed by atoms with van der Waals surface area (Å²) in [6.07, 6.45) is 9.97. The maximum absolute atomic E-state index is 14.1. The number of amides is 4. The van der Waals surface area contributed by atoms with Crippen molar-refractivity contribution < 1.29 is 28.7 Å². The minimum Gasteiger partial charge on any atom is -0.492 e. The Morgan fingerprint density at radius 2 is 1.52 bits per heavy atom. The Labute approximate surface area is 320 Å². The summed E-state index contributed by atoms with van der Waals surface area (Å²) in [4.78, 5) is 55.9. The lowest BCUT2D eigenvalue weighted by atomic mass is 9.93. The molecule has 2 aromatic carbocycles. The van der Waals surface area contributed by atoms with Gasteiger partial charge in [-0.1, -0.05) is 64.0 Å². The van der Waals surface area contributed by atoms with Crippen LogP contribution in [0.5, 0.6) is 11.5 Å². The monoisotopic (exact) mass is 748 g/mol. The first-order valence-corrected chi connectivity index (χ1v) is 19.3. The zero-order valence-corrected chi connectivity index (χ0v) is 32.2. The number of fused-ring (bicyclic) bond motifs is 5. The molecule has 1 aliphatic heterocycles. The highest BCUT2D eigenvalue weighted by atomic mass is 16.5. The molecule has 8 N–H and O–H groups in total. The van der Waals surface area contributed by atoms with Gasteiger partial charge in [-0.2, -0.15) is 5.26 Å². The summed E-state index contributed by atoms with van der Waals surface area (Å²) in [6.45, 7) is 5.67. The van der Waals surface area contributed by atoms with E-state index in [1.165, 1.54) is 50.3 Å². The maximum Gasteiger partial charge on any atom is 0.248 e. The molecule has 4 amide bonds. The molecule has 4 bridgehead atoms. The molecule has 14 heteroatoms. The molecular formula is C40H60N8O6. The van der Waals surface area contributed by atoms with Crippen molar-refractivity contribution in [2.24, 2.45) is 11.5 Å². The molecule has 0 saturated carbocycles. The maximum atomic E-state index is 14.1. The van der Waals surface area contributed by atoms with Crippen LogP contribution in [0.25, 0.3) is 11.1 Å². The van der Waals surface area contributed by atoms with Gasteiger partial charge in [-0.25, -0.2) is 0 Å². The van der Waals surface area contributed by atoms with Crippen molar-refractivity contribution in [2.75, 3.05) is 53.0 Å². The average molecular weight is 749 g/mol. The summed E-state index contributed by atoms with van der Waals surface area (Å²) in [5.41, 5.74) is 13.9. The number of nitrogens with one attached hydrogen (secondary N) is 4. The second-order valence-corrected chi connectivity index (χ2v) is 13.6. The van der Waals surface area contributed by atoms with Crippen LogP contribution >= 0.6 is 0 Å². The average Bonchev–Trinajstić information content (AvgIpc) is 3.17. The third-order valence-corrected chi connectivity index (χ3v) is 9.32. The Morgan fingerprint density at radius 3 is 2.17 bits per heavy atom. The Morgan fingerprint density at radius 1 is 0.889 bits per heavy atom. The number of nitrogens with two attached hydrogens (primary N) is 2. The fourth-order valence-electron chi connectivity index (χ4n) is 6.36. The van der Waals surface area contributed by atoms with Crippen molar-refractivity contribution in [3.8, 4) is 28.7 Å². The van der Waals surface area contributed by atoms with Crippen LogP contribution in [0, 0.1) is 11.3 Å². The standard InChI is InChI=1S/C40H60N8O6/c1-4-5-6-7-8-9-10-11-20-44-21-16-36(49)48(3)37-30-13-15-35(54-24-19-43)32(27-30)31-25-29(12-14-34(31)53-23-18-42)26-33(39(51)45-22-17-41)47-38(50)28(2)46-40(37)52/h12-15,25,27-28,33,37,44H,4-11,16,18-24,26,42-43H2,1-3H3,(H,45,51)(H,46,52)(H,47,50). The van der Waals surface area contributed by atoms with E-state index in [2.05, 4.69) is 28.2 Å². The van der Waals surface area contributed by atoms with Gasteiger partial charge in [-0.3, -0.25) is 19.2 Å². The van der Waals surface area contributed by atoms with E-state index in [9.17, 15) is 19.2 Å². The molecular weight excluding hydrogens is 688 g/mol. The Kier molecular flexibility index (Phi) is 19.3. The molecule has 0 aliphatic carbocycles. The number of ether oxygens (including phenoxy) is 2. The van der Waals surface area contributed by atoms with Gasteiger partial charge in [0.15, 0.2) is 0 Å². The minimum absolute atomic E-state index is 0.0689. The molecule has 0 spiro atoms. The largest absolute Gasteiger partial charge is 0.492 e. The van der Waals surface area contributed by atoms with Crippen LogP contribution in [0.4, 0.5) is 0 Å². The number of likely N-dealkylation sites (N-methyl/N-ethyl adjacent to an activating group) is 1. The van der Waals surface area contributed by atoms with Crippen molar-refractivity contribution in [3.05, 3.63) is 47.5 Å². The highest BCUT2D eigenvalue weighted by Gasteiger charge is 2.33. The molecule has 1 heterocycles. The molecule has 0 fully saturated rings. The molecule has 3 rings (SSSR count). The van der Waals surface area contributed by atoms with Gasteiger partial charge in [-0.05, 0) is 55.3 Å².